The minimum Gasteiger partial charge on any atom is -0.381 e. The van der Waals surface area contributed by atoms with Gasteiger partial charge < -0.3 is 4.74 Å². The summed E-state index contributed by atoms with van der Waals surface area (Å²) in [4.78, 5) is 0. The van der Waals surface area contributed by atoms with Crippen LogP contribution in [0, 0.1) is 0 Å². The summed E-state index contributed by atoms with van der Waals surface area (Å²) in [6.07, 6.45) is 2.55. The lowest BCUT2D eigenvalue weighted by Crippen LogP contribution is -2.08. The summed E-state index contributed by atoms with van der Waals surface area (Å²) in [5.74, 6) is 3.62. The first-order valence-corrected chi connectivity index (χ1v) is 5.95. The topological polar surface area (TPSA) is 9.23 Å². The molecule has 0 heterocycles. The molecule has 1 unspecified atom stereocenters. The molecule has 0 fully saturated rings. The van der Waals surface area contributed by atoms with Gasteiger partial charge in [0, 0.05) is 24.4 Å². The zero-order chi connectivity index (χ0) is 7.82. The predicted molar refractivity (Wildman–Crippen MR) is 52.2 cm³/mol. The molecule has 0 saturated carbocycles. The molecule has 0 aromatic carbocycles. The highest BCUT2D eigenvalue weighted by Gasteiger charge is 1.97. The van der Waals surface area contributed by atoms with E-state index in [1.165, 1.54) is 11.5 Å². The molecule has 0 saturated heterocycles. The van der Waals surface area contributed by atoms with Crippen molar-refractivity contribution in [2.75, 3.05) is 30.6 Å². The van der Waals surface area contributed by atoms with Crippen LogP contribution < -0.4 is 0 Å². The summed E-state index contributed by atoms with van der Waals surface area (Å²) in [5, 5.41) is 0. The maximum Gasteiger partial charge on any atom is 0.0633 e. The van der Waals surface area contributed by atoms with E-state index in [1.807, 2.05) is 23.5 Å². The molecular formula is C7H16OS2. The fourth-order valence-electron chi connectivity index (χ4n) is 0.460. The van der Waals surface area contributed by atoms with Crippen molar-refractivity contribution in [1.29, 1.82) is 0 Å². The quantitative estimate of drug-likeness (QED) is 0.579. The largest absolute Gasteiger partial charge is 0.381 e. The van der Waals surface area contributed by atoms with E-state index in [0.29, 0.717) is 6.10 Å². The van der Waals surface area contributed by atoms with E-state index >= 15 is 0 Å². The van der Waals surface area contributed by atoms with Gasteiger partial charge in [-0.1, -0.05) is 0 Å². The van der Waals surface area contributed by atoms with Gasteiger partial charge in [-0.25, -0.2) is 0 Å². The van der Waals surface area contributed by atoms with Gasteiger partial charge in [0.2, 0.25) is 0 Å². The molecule has 1 nitrogen and oxygen atoms in total. The minimum absolute atomic E-state index is 0.409. The zero-order valence-corrected chi connectivity index (χ0v) is 8.56. The highest BCUT2D eigenvalue weighted by Crippen LogP contribution is 2.06. The first-order valence-electron chi connectivity index (χ1n) is 3.40. The Morgan fingerprint density at radius 2 is 2.10 bits per heavy atom. The molecule has 0 aliphatic carbocycles. The Kier molecular flexibility index (Phi) is 8.28. The Morgan fingerprint density at radius 1 is 1.40 bits per heavy atom. The molecule has 0 amide bonds. The van der Waals surface area contributed by atoms with Crippen molar-refractivity contribution in [2.45, 2.75) is 13.0 Å². The number of ether oxygens (including phenoxy) is 1. The third kappa shape index (κ3) is 6.78. The van der Waals surface area contributed by atoms with E-state index < -0.39 is 0 Å². The number of rotatable bonds is 6. The van der Waals surface area contributed by atoms with Gasteiger partial charge in [0.25, 0.3) is 0 Å². The molecule has 0 aromatic rings. The number of hydrogen-bond donors (Lipinski definition) is 0. The second kappa shape index (κ2) is 7.76. The molecule has 62 valence electrons. The van der Waals surface area contributed by atoms with Crippen LogP contribution in [0.25, 0.3) is 0 Å². The van der Waals surface area contributed by atoms with Crippen molar-refractivity contribution < 1.29 is 4.74 Å². The Balaban J connectivity index is 2.89. The van der Waals surface area contributed by atoms with E-state index in [9.17, 15) is 0 Å². The molecule has 0 spiro atoms. The van der Waals surface area contributed by atoms with Crippen molar-refractivity contribution >= 4 is 23.5 Å². The lowest BCUT2D eigenvalue weighted by molar-refractivity contribution is 0.138. The van der Waals surface area contributed by atoms with Crippen LogP contribution in [0.4, 0.5) is 0 Å². The normalized spacial score (nSPS) is 13.5. The van der Waals surface area contributed by atoms with Crippen LogP contribution >= 0.6 is 23.5 Å². The van der Waals surface area contributed by atoms with E-state index in [-0.39, 0.29) is 0 Å². The van der Waals surface area contributed by atoms with Crippen molar-refractivity contribution in [3.8, 4) is 0 Å². The van der Waals surface area contributed by atoms with Crippen molar-refractivity contribution in [1.82, 2.24) is 0 Å². The van der Waals surface area contributed by atoms with Crippen molar-refractivity contribution in [2.24, 2.45) is 0 Å². The molecule has 0 aromatic heterocycles. The summed E-state index contributed by atoms with van der Waals surface area (Å²) in [7, 11) is 1.76. The lowest BCUT2D eigenvalue weighted by Gasteiger charge is -2.07. The average Bonchev–Trinajstić information content (AvgIpc) is 1.98. The van der Waals surface area contributed by atoms with Gasteiger partial charge in [-0.2, -0.15) is 23.5 Å². The van der Waals surface area contributed by atoms with Gasteiger partial charge in [-0.15, -0.1) is 0 Å². The first kappa shape index (κ1) is 10.7. The summed E-state index contributed by atoms with van der Waals surface area (Å²) >= 11 is 3.86. The van der Waals surface area contributed by atoms with Crippen LogP contribution in [-0.2, 0) is 4.74 Å². The monoisotopic (exact) mass is 180 g/mol. The van der Waals surface area contributed by atoms with Crippen LogP contribution in [0.1, 0.15) is 6.92 Å². The standard InChI is InChI=1S/C7H16OS2/c1-7(8-2)6-10-5-4-9-3/h7H,4-6H2,1-3H3. The van der Waals surface area contributed by atoms with E-state index in [2.05, 4.69) is 13.2 Å². The third-order valence-electron chi connectivity index (χ3n) is 1.19. The molecule has 0 N–H and O–H groups in total. The minimum atomic E-state index is 0.409. The van der Waals surface area contributed by atoms with Gasteiger partial charge in [-0.05, 0) is 13.2 Å². The fraction of sp³-hybridized carbons (Fsp3) is 1.00. The molecule has 0 aliphatic heterocycles. The highest BCUT2D eigenvalue weighted by molar-refractivity contribution is 8.02. The Labute approximate surface area is 72.3 Å². The summed E-state index contributed by atoms with van der Waals surface area (Å²) in [5.41, 5.74) is 0. The van der Waals surface area contributed by atoms with Gasteiger partial charge in [-0.3, -0.25) is 0 Å². The molecule has 1 atom stereocenters. The molecule has 0 rings (SSSR count). The third-order valence-corrected chi connectivity index (χ3v) is 3.26. The van der Waals surface area contributed by atoms with Gasteiger partial charge >= 0.3 is 0 Å². The highest BCUT2D eigenvalue weighted by atomic mass is 32.2. The fourth-order valence-corrected chi connectivity index (χ4v) is 2.23. The average molecular weight is 180 g/mol. The van der Waals surface area contributed by atoms with Crippen molar-refractivity contribution in [3.05, 3.63) is 0 Å². The maximum absolute atomic E-state index is 5.10. The number of thioether (sulfide) groups is 2. The summed E-state index contributed by atoms with van der Waals surface area (Å²) in [6, 6.07) is 0. The van der Waals surface area contributed by atoms with Gasteiger partial charge in [0.1, 0.15) is 0 Å². The molecule has 0 aliphatic rings. The maximum atomic E-state index is 5.10. The SMILES string of the molecule is COC(C)CSCCSC. The van der Waals surface area contributed by atoms with Gasteiger partial charge in [0.05, 0.1) is 6.10 Å². The molecular weight excluding hydrogens is 164 g/mol. The van der Waals surface area contributed by atoms with E-state index in [1.54, 1.807) is 7.11 Å². The van der Waals surface area contributed by atoms with Crippen LogP contribution in [-0.4, -0.2) is 36.7 Å². The van der Waals surface area contributed by atoms with Gasteiger partial charge in [0.15, 0.2) is 0 Å². The molecule has 0 radical (unpaired) electrons. The van der Waals surface area contributed by atoms with E-state index in [4.69, 9.17) is 4.74 Å². The Hall–Kier alpha value is 0.660. The first-order chi connectivity index (χ1) is 4.81. The zero-order valence-electron chi connectivity index (χ0n) is 6.92. The predicted octanol–water partition coefficient (Wildman–Crippen LogP) is 2.12. The Morgan fingerprint density at radius 3 is 2.60 bits per heavy atom. The Bertz CT molecular complexity index is 68.6. The van der Waals surface area contributed by atoms with Crippen LogP contribution in [0.2, 0.25) is 0 Å². The van der Waals surface area contributed by atoms with E-state index in [0.717, 1.165) is 5.75 Å². The number of methoxy groups -OCH3 is 1. The second-order valence-corrected chi connectivity index (χ2v) is 4.25. The molecule has 10 heavy (non-hydrogen) atoms. The van der Waals surface area contributed by atoms with Crippen LogP contribution in [0.15, 0.2) is 0 Å². The number of hydrogen-bond acceptors (Lipinski definition) is 3. The van der Waals surface area contributed by atoms with Crippen LogP contribution in [0.3, 0.4) is 0 Å². The molecule has 0 bridgehead atoms. The molecule has 3 heteroatoms. The summed E-state index contributed by atoms with van der Waals surface area (Å²) in [6.45, 7) is 2.10. The van der Waals surface area contributed by atoms with Crippen LogP contribution in [0.5, 0.6) is 0 Å². The smallest absolute Gasteiger partial charge is 0.0633 e. The lowest BCUT2D eigenvalue weighted by atomic mass is 10.5. The summed E-state index contributed by atoms with van der Waals surface area (Å²) < 4.78 is 5.10. The van der Waals surface area contributed by atoms with Crippen molar-refractivity contribution in [3.63, 3.8) is 0 Å². The second-order valence-electron chi connectivity index (χ2n) is 2.11.